The van der Waals surface area contributed by atoms with Gasteiger partial charge in [0.2, 0.25) is 0 Å². The summed E-state index contributed by atoms with van der Waals surface area (Å²) in [6, 6.07) is 3.63. The second-order valence-corrected chi connectivity index (χ2v) is 6.34. The Morgan fingerprint density at radius 3 is 3.18 bits per heavy atom. The van der Waals surface area contributed by atoms with Crippen LogP contribution in [0.4, 0.5) is 0 Å². The lowest BCUT2D eigenvalue weighted by Gasteiger charge is -2.51. The van der Waals surface area contributed by atoms with Gasteiger partial charge in [-0.1, -0.05) is 12.1 Å². The molecule has 1 aromatic carbocycles. The summed E-state index contributed by atoms with van der Waals surface area (Å²) in [4.78, 5) is 15.9. The summed E-state index contributed by atoms with van der Waals surface area (Å²) in [5.41, 5.74) is 0.354. The third-order valence-electron chi connectivity index (χ3n) is 5.08. The van der Waals surface area contributed by atoms with E-state index in [0.29, 0.717) is 6.54 Å². The summed E-state index contributed by atoms with van der Waals surface area (Å²) in [7, 11) is 0. The van der Waals surface area contributed by atoms with Crippen molar-refractivity contribution in [3.05, 3.63) is 34.9 Å². The molecule has 0 aromatic heterocycles. The van der Waals surface area contributed by atoms with Crippen LogP contribution >= 0.6 is 0 Å². The molecule has 0 spiro atoms. The van der Waals surface area contributed by atoms with E-state index in [-0.39, 0.29) is 42.5 Å². The SMILES string of the molecule is [2H]C1([2H])CC[C@@]2([2H])c3c(cccc31)C(=O)N([C@@H]1CN3CC[C@H]1C([2H])([2H])C3([2H])[2H])C2([2H])[2H]. The van der Waals surface area contributed by atoms with Gasteiger partial charge >= 0.3 is 0 Å². The molecule has 5 aliphatic rings. The molecule has 1 amide bonds. The number of rotatable bonds is 1. The van der Waals surface area contributed by atoms with Gasteiger partial charge in [-0.15, -0.1) is 0 Å². The van der Waals surface area contributed by atoms with Crippen LogP contribution in [0.15, 0.2) is 18.2 Å². The first kappa shape index (κ1) is 7.04. The number of amides is 1. The van der Waals surface area contributed by atoms with E-state index in [4.69, 9.17) is 12.3 Å². The molecule has 22 heavy (non-hydrogen) atoms. The molecular formula is C19H24N2O. The molecule has 3 fully saturated rings. The molecule has 116 valence electrons. The van der Waals surface area contributed by atoms with Crippen molar-refractivity contribution in [1.82, 2.24) is 9.80 Å². The monoisotopic (exact) mass is 305 g/mol. The average Bonchev–Trinajstić information content (AvgIpc) is 2.68. The number of piperidine rings is 3. The number of aryl methyl sites for hydroxylation is 1. The van der Waals surface area contributed by atoms with Crippen molar-refractivity contribution in [2.24, 2.45) is 5.92 Å². The Hall–Kier alpha value is -1.35. The van der Waals surface area contributed by atoms with E-state index in [1.54, 1.807) is 6.07 Å². The van der Waals surface area contributed by atoms with Gasteiger partial charge in [0.05, 0.1) is 2.74 Å². The maximum Gasteiger partial charge on any atom is 0.254 e. The van der Waals surface area contributed by atoms with Gasteiger partial charge in [0.25, 0.3) is 5.91 Å². The molecule has 2 bridgehead atoms. The number of benzene rings is 1. The molecule has 1 aliphatic carbocycles. The van der Waals surface area contributed by atoms with E-state index in [9.17, 15) is 4.79 Å². The number of fused-ring (bicyclic) bond motifs is 3. The van der Waals surface area contributed by atoms with Crippen LogP contribution in [-0.4, -0.2) is 47.8 Å². The lowest BCUT2D eigenvalue weighted by molar-refractivity contribution is 0.00258. The van der Waals surface area contributed by atoms with Gasteiger partial charge in [-0.25, -0.2) is 0 Å². The molecule has 0 N–H and O–H groups in total. The molecule has 3 heteroatoms. The van der Waals surface area contributed by atoms with Gasteiger partial charge in [0, 0.05) is 40.1 Å². The Labute approximate surface area is 144 Å². The zero-order valence-corrected chi connectivity index (χ0v) is 12.2. The van der Waals surface area contributed by atoms with Crippen LogP contribution in [0.3, 0.4) is 0 Å². The van der Waals surface area contributed by atoms with Crippen LogP contribution in [-0.2, 0) is 6.37 Å². The van der Waals surface area contributed by atoms with Gasteiger partial charge in [-0.2, -0.15) is 0 Å². The lowest BCUT2D eigenvalue weighted by atomic mass is 9.75. The Balaban J connectivity index is 1.68. The van der Waals surface area contributed by atoms with Crippen molar-refractivity contribution in [3.63, 3.8) is 0 Å². The Morgan fingerprint density at radius 1 is 1.32 bits per heavy atom. The number of carbonyl (C=O) groups is 1. The van der Waals surface area contributed by atoms with Crippen molar-refractivity contribution >= 4 is 5.91 Å². The second-order valence-electron chi connectivity index (χ2n) is 6.34. The fourth-order valence-corrected chi connectivity index (χ4v) is 3.96. The minimum atomic E-state index is -2.50. The maximum absolute atomic E-state index is 13.6. The van der Waals surface area contributed by atoms with Gasteiger partial charge in [-0.3, -0.25) is 4.79 Å². The minimum absolute atomic E-state index is 0.00560. The summed E-state index contributed by atoms with van der Waals surface area (Å²) in [6.45, 7) is -4.40. The van der Waals surface area contributed by atoms with Crippen LogP contribution < -0.4 is 0 Å². The molecule has 4 aliphatic heterocycles. The van der Waals surface area contributed by atoms with Crippen molar-refractivity contribution < 1.29 is 17.1 Å². The first-order chi connectivity index (χ1) is 14.2. The zero-order chi connectivity index (χ0) is 22.8. The molecule has 3 nitrogen and oxygen atoms in total. The number of carbonyl (C=O) groups excluding carboxylic acids is 1. The smallest absolute Gasteiger partial charge is 0.254 e. The first-order valence-corrected chi connectivity index (χ1v) is 7.91. The lowest BCUT2D eigenvalue weighted by Crippen LogP contribution is -2.60. The van der Waals surface area contributed by atoms with E-state index in [1.165, 1.54) is 17.0 Å². The third-order valence-corrected chi connectivity index (χ3v) is 5.08. The van der Waals surface area contributed by atoms with Crippen LogP contribution in [0, 0.1) is 5.92 Å². The quantitative estimate of drug-likeness (QED) is 0.796. The predicted octanol–water partition coefficient (Wildman–Crippen LogP) is 2.66. The summed E-state index contributed by atoms with van der Waals surface area (Å²) in [5, 5.41) is 0. The van der Waals surface area contributed by atoms with Gasteiger partial charge in [0.15, 0.2) is 0 Å². The summed E-state index contributed by atoms with van der Waals surface area (Å²) in [5.74, 6) is -3.48. The van der Waals surface area contributed by atoms with E-state index in [2.05, 4.69) is 0 Å². The zero-order valence-electron chi connectivity index (χ0n) is 21.2. The molecular weight excluding hydrogens is 272 g/mol. The highest BCUT2D eigenvalue weighted by molar-refractivity contribution is 5.97. The number of nitrogens with zero attached hydrogens (tertiary/aromatic N) is 2. The van der Waals surface area contributed by atoms with Gasteiger partial charge in [-0.05, 0) is 68.2 Å². The van der Waals surface area contributed by atoms with Crippen molar-refractivity contribution in [3.8, 4) is 0 Å². The fourth-order valence-electron chi connectivity index (χ4n) is 3.96. The third kappa shape index (κ3) is 1.81. The average molecular weight is 305 g/mol. The number of hydrogen-bond acceptors (Lipinski definition) is 2. The van der Waals surface area contributed by atoms with Crippen LogP contribution in [0.2, 0.25) is 0 Å². The first-order valence-electron chi connectivity index (χ1n) is 12.4. The Morgan fingerprint density at radius 2 is 2.27 bits per heavy atom. The van der Waals surface area contributed by atoms with Crippen molar-refractivity contribution in [1.29, 1.82) is 0 Å². The standard InChI is InChI=1S/C19H24N2O/c22-19-16-6-2-4-14-3-1-5-15(18(14)16)11-21(19)17-12-20-9-7-13(17)8-10-20/h2,4,6,13,15,17H,1,3,5,7-12H2/t15-,17-/m1/s1/i3D2,7D2,9D2,11D2,15D/t13-,15-,17-. The summed E-state index contributed by atoms with van der Waals surface area (Å²) < 4.78 is 77.0. The molecule has 1 unspecified atom stereocenters. The minimum Gasteiger partial charge on any atom is -0.333 e. The highest BCUT2D eigenvalue weighted by Gasteiger charge is 2.43. The van der Waals surface area contributed by atoms with Crippen molar-refractivity contribution in [2.45, 2.75) is 43.9 Å². The van der Waals surface area contributed by atoms with Crippen LogP contribution in [0.25, 0.3) is 0 Å². The summed E-state index contributed by atoms with van der Waals surface area (Å²) in [6.07, 6.45) is -3.94. The van der Waals surface area contributed by atoms with Crippen LogP contribution in [0.1, 0.15) is 65.4 Å². The van der Waals surface area contributed by atoms with Crippen LogP contribution in [0.5, 0.6) is 0 Å². The molecule has 1 aromatic rings. The van der Waals surface area contributed by atoms with Crippen molar-refractivity contribution in [2.75, 3.05) is 26.1 Å². The highest BCUT2D eigenvalue weighted by atomic mass is 16.2. The normalized spacial score (nSPS) is 54.9. The topological polar surface area (TPSA) is 23.6 Å². The summed E-state index contributed by atoms with van der Waals surface area (Å²) >= 11 is 0. The van der Waals surface area contributed by atoms with E-state index in [0.717, 1.165) is 4.90 Å². The van der Waals surface area contributed by atoms with Gasteiger partial charge < -0.3 is 9.80 Å². The van der Waals surface area contributed by atoms with Gasteiger partial charge in [0.1, 0.15) is 0 Å². The molecule has 4 atom stereocenters. The maximum atomic E-state index is 13.6. The molecule has 0 radical (unpaired) electrons. The molecule has 4 heterocycles. The highest BCUT2D eigenvalue weighted by Crippen LogP contribution is 2.41. The number of hydrogen-bond donors (Lipinski definition) is 0. The van der Waals surface area contributed by atoms with E-state index < -0.39 is 49.5 Å². The van der Waals surface area contributed by atoms with E-state index >= 15 is 0 Å². The predicted molar refractivity (Wildman–Crippen MR) is 86.1 cm³/mol. The fraction of sp³-hybridized carbons (Fsp3) is 0.632. The van der Waals surface area contributed by atoms with E-state index in [1.807, 2.05) is 0 Å². The largest absolute Gasteiger partial charge is 0.333 e. The molecule has 3 saturated heterocycles. The Bertz CT molecular complexity index is 981. The Kier molecular flexibility index (Phi) is 1.54. The molecule has 6 rings (SSSR count). The second kappa shape index (κ2) is 4.82. The molecule has 0 saturated carbocycles.